The minimum absolute atomic E-state index is 0.0395. The number of ether oxygens (including phenoxy) is 2. The first-order valence-electron chi connectivity index (χ1n) is 24.9. The minimum atomic E-state index is -0.799. The van der Waals surface area contributed by atoms with E-state index in [2.05, 4.69) is 81.9 Å². The zero-order chi connectivity index (χ0) is 49.5. The lowest BCUT2D eigenvalue weighted by Crippen LogP contribution is -2.54. The molecule has 4 aromatic carbocycles. The van der Waals surface area contributed by atoms with Gasteiger partial charge in [0.15, 0.2) is 0 Å². The van der Waals surface area contributed by atoms with Gasteiger partial charge in [-0.25, -0.2) is 9.59 Å². The Hall–Kier alpha value is -6.70. The second-order valence-corrected chi connectivity index (χ2v) is 21.2. The van der Waals surface area contributed by atoms with Gasteiger partial charge in [0, 0.05) is 24.5 Å². The standard InChI is InChI=1S/C56H66N6O8/c1-33(2)47(59-53(67)69-5)51(65)61-31-55(23-24-55)29-45(61)49(63)57-41-19-15-39(16-20-41)43-27-35-7-11-37(43)13-9-36-8-12-38(14-10-35)44(28-36)40-17-21-42(22-18-40)58-50(64)46-30-56(25-26-56)32-62(46)52(66)48(34(3)4)60-54(68)70-6/h7-8,11-12,15-22,27-28,33-34,45-48H,9-10,13-14,23-26,29-32H2,1-6H3,(H,57,63)(H,58,64)(H,59,67)(H,60,68)/t45-,46-,47-,48+/m0/s1. The number of carbonyl (C=O) groups excluding carboxylic acids is 6. The summed E-state index contributed by atoms with van der Waals surface area (Å²) in [5.41, 5.74) is 10.6. The van der Waals surface area contributed by atoms with Crippen molar-refractivity contribution < 1.29 is 38.2 Å². The number of benzene rings is 4. The zero-order valence-corrected chi connectivity index (χ0v) is 41.2. The van der Waals surface area contributed by atoms with Gasteiger partial charge in [-0.3, -0.25) is 19.2 Å². The van der Waals surface area contributed by atoms with Crippen LogP contribution in [0.15, 0.2) is 84.9 Å². The summed E-state index contributed by atoms with van der Waals surface area (Å²) in [7, 11) is 2.54. The van der Waals surface area contributed by atoms with Crippen molar-refractivity contribution in [3.05, 3.63) is 107 Å². The number of nitrogens with one attached hydrogen (secondary N) is 4. The van der Waals surface area contributed by atoms with Gasteiger partial charge < -0.3 is 40.5 Å². The number of aryl methyl sites for hydroxylation is 4. The van der Waals surface area contributed by atoms with E-state index in [4.69, 9.17) is 9.47 Å². The molecule has 2 saturated carbocycles. The molecule has 12 rings (SSSR count). The Bertz CT molecular complexity index is 2490. The normalized spacial score (nSPS) is 20.1. The molecule has 4 aromatic rings. The van der Waals surface area contributed by atoms with E-state index in [-0.39, 0.29) is 46.3 Å². The van der Waals surface area contributed by atoms with Crippen LogP contribution in [0.1, 0.15) is 88.5 Å². The molecule has 4 bridgehead atoms. The second kappa shape index (κ2) is 19.6. The topological polar surface area (TPSA) is 175 Å². The van der Waals surface area contributed by atoms with E-state index in [1.807, 2.05) is 52.0 Å². The number of methoxy groups -OCH3 is 2. The summed E-state index contributed by atoms with van der Waals surface area (Å²) in [4.78, 5) is 83.1. The summed E-state index contributed by atoms with van der Waals surface area (Å²) < 4.78 is 9.58. The van der Waals surface area contributed by atoms with Crippen LogP contribution in [0.3, 0.4) is 0 Å². The lowest BCUT2D eigenvalue weighted by molar-refractivity contribution is -0.139. The molecule has 0 radical (unpaired) electrons. The van der Waals surface area contributed by atoms with Crippen LogP contribution in [0.2, 0.25) is 0 Å². The highest BCUT2D eigenvalue weighted by Gasteiger charge is 2.57. The quantitative estimate of drug-likeness (QED) is 0.110. The van der Waals surface area contributed by atoms with Crippen molar-refractivity contribution in [3.63, 3.8) is 0 Å². The van der Waals surface area contributed by atoms with E-state index in [1.54, 1.807) is 9.80 Å². The molecule has 2 saturated heterocycles. The number of alkyl carbamates (subject to hydrolysis) is 2. The molecule has 368 valence electrons. The lowest BCUT2D eigenvalue weighted by atomic mass is 9.87. The molecule has 2 aliphatic heterocycles. The average molecular weight is 951 g/mol. The van der Waals surface area contributed by atoms with Gasteiger partial charge >= 0.3 is 12.2 Å². The van der Waals surface area contributed by atoms with Gasteiger partial charge in [0.05, 0.1) is 14.2 Å². The summed E-state index contributed by atoms with van der Waals surface area (Å²) in [6.45, 7) is 8.47. The number of hydrogen-bond acceptors (Lipinski definition) is 8. The summed E-state index contributed by atoms with van der Waals surface area (Å²) >= 11 is 0. The van der Waals surface area contributed by atoms with Crippen molar-refractivity contribution in [1.82, 2.24) is 20.4 Å². The molecule has 6 aliphatic carbocycles. The Labute approximate surface area is 410 Å². The predicted octanol–water partition coefficient (Wildman–Crippen LogP) is 8.30. The Morgan fingerprint density at radius 3 is 1.23 bits per heavy atom. The summed E-state index contributed by atoms with van der Waals surface area (Å²) in [5, 5.41) is 11.6. The number of carbonyl (C=O) groups is 6. The van der Waals surface area contributed by atoms with Crippen LogP contribution in [0.5, 0.6) is 0 Å². The van der Waals surface area contributed by atoms with Gasteiger partial charge in [0.2, 0.25) is 23.6 Å². The molecule has 0 aromatic heterocycles. The van der Waals surface area contributed by atoms with Crippen LogP contribution in [0.4, 0.5) is 21.0 Å². The maximum absolute atomic E-state index is 13.9. The van der Waals surface area contributed by atoms with Gasteiger partial charge in [0.1, 0.15) is 24.2 Å². The molecule has 8 aliphatic rings. The minimum Gasteiger partial charge on any atom is -0.453 e. The number of hydrogen-bond donors (Lipinski definition) is 4. The van der Waals surface area contributed by atoms with Gasteiger partial charge in [-0.1, -0.05) is 88.4 Å². The van der Waals surface area contributed by atoms with Crippen molar-refractivity contribution in [3.8, 4) is 22.3 Å². The Morgan fingerprint density at radius 2 is 0.900 bits per heavy atom. The first-order valence-corrected chi connectivity index (χ1v) is 24.9. The fourth-order valence-electron chi connectivity index (χ4n) is 10.9. The second-order valence-electron chi connectivity index (χ2n) is 21.2. The van der Waals surface area contributed by atoms with Crippen molar-refractivity contribution in [2.45, 2.75) is 116 Å². The highest BCUT2D eigenvalue weighted by Crippen LogP contribution is 2.56. The monoisotopic (exact) mass is 950 g/mol. The number of likely N-dealkylation sites (tertiary alicyclic amines) is 2. The molecule has 2 spiro atoms. The van der Waals surface area contributed by atoms with Crippen LogP contribution in [0.25, 0.3) is 22.3 Å². The van der Waals surface area contributed by atoms with Crippen LogP contribution >= 0.6 is 0 Å². The van der Waals surface area contributed by atoms with Crippen LogP contribution in [-0.4, -0.2) is 97.1 Å². The lowest BCUT2D eigenvalue weighted by Gasteiger charge is -2.30. The van der Waals surface area contributed by atoms with E-state index in [9.17, 15) is 28.8 Å². The van der Waals surface area contributed by atoms with Gasteiger partial charge in [-0.05, 0) is 156 Å². The van der Waals surface area contributed by atoms with Gasteiger partial charge in [0.25, 0.3) is 0 Å². The highest BCUT2D eigenvalue weighted by atomic mass is 16.5. The van der Waals surface area contributed by atoms with Crippen LogP contribution in [-0.2, 0) is 54.3 Å². The molecule has 14 nitrogen and oxygen atoms in total. The first kappa shape index (κ1) is 48.3. The van der Waals surface area contributed by atoms with Crippen molar-refractivity contribution in [2.75, 3.05) is 37.9 Å². The zero-order valence-electron chi connectivity index (χ0n) is 41.2. The maximum Gasteiger partial charge on any atom is 0.407 e. The Morgan fingerprint density at radius 1 is 0.529 bits per heavy atom. The number of amides is 6. The Kier molecular flexibility index (Phi) is 13.5. The number of nitrogens with zero attached hydrogens (tertiary/aromatic N) is 2. The van der Waals surface area contributed by atoms with E-state index in [0.717, 1.165) is 62.5 Å². The summed E-state index contributed by atoms with van der Waals surface area (Å²) in [6.07, 6.45) is 7.07. The molecule has 70 heavy (non-hydrogen) atoms. The molecule has 4 atom stereocenters. The van der Waals surface area contributed by atoms with Crippen molar-refractivity contribution in [2.24, 2.45) is 22.7 Å². The fourth-order valence-corrected chi connectivity index (χ4v) is 10.9. The smallest absolute Gasteiger partial charge is 0.407 e. The SMILES string of the molecule is COC(=O)N[C@H](C(=O)N1CC2(CC2)C[C@H]1C(=O)Nc1ccc(-c2cc3ccc2CCc2ccc(c(-c4ccc(NC(=O)[C@@H]5CC6(CC6)CN5C(=O)[C@H](NC(=O)OC)C(C)C)cc4)c2)CC3)cc1)C(C)C. The molecule has 0 unspecified atom stereocenters. The average Bonchev–Trinajstić information content (AvgIpc) is 4.22. The van der Waals surface area contributed by atoms with Crippen molar-refractivity contribution >= 4 is 47.2 Å². The first-order chi connectivity index (χ1) is 33.6. The maximum atomic E-state index is 13.9. The third-order valence-corrected chi connectivity index (χ3v) is 15.5. The molecular weight excluding hydrogens is 885 g/mol. The van der Waals surface area contributed by atoms with Gasteiger partial charge in [-0.2, -0.15) is 0 Å². The van der Waals surface area contributed by atoms with Crippen LogP contribution < -0.4 is 21.3 Å². The van der Waals surface area contributed by atoms with E-state index in [0.29, 0.717) is 37.3 Å². The molecule has 2 heterocycles. The highest BCUT2D eigenvalue weighted by molar-refractivity contribution is 6.00. The van der Waals surface area contributed by atoms with E-state index >= 15 is 0 Å². The molecule has 4 fully saturated rings. The van der Waals surface area contributed by atoms with E-state index in [1.165, 1.54) is 47.6 Å². The number of anilines is 2. The molecule has 6 amide bonds. The Balaban J connectivity index is 0.857. The molecule has 4 N–H and O–H groups in total. The van der Waals surface area contributed by atoms with Crippen LogP contribution in [0, 0.1) is 22.7 Å². The number of rotatable bonds is 12. The molecule has 14 heteroatoms. The fraction of sp³-hybridized carbons (Fsp3) is 0.464. The third-order valence-electron chi connectivity index (χ3n) is 15.5. The molecular formula is C56H66N6O8. The predicted molar refractivity (Wildman–Crippen MR) is 268 cm³/mol. The summed E-state index contributed by atoms with van der Waals surface area (Å²) in [6, 6.07) is 26.6. The largest absolute Gasteiger partial charge is 0.453 e. The third kappa shape index (κ3) is 10.3. The van der Waals surface area contributed by atoms with Crippen molar-refractivity contribution in [1.29, 1.82) is 0 Å². The van der Waals surface area contributed by atoms with Gasteiger partial charge in [-0.15, -0.1) is 0 Å². The summed E-state index contributed by atoms with van der Waals surface area (Å²) in [5.74, 6) is -1.36. The van der Waals surface area contributed by atoms with E-state index < -0.39 is 36.4 Å².